The van der Waals surface area contributed by atoms with Crippen molar-refractivity contribution >= 4 is 15.9 Å². The highest BCUT2D eigenvalue weighted by Gasteiger charge is 2.20. The zero-order valence-corrected chi connectivity index (χ0v) is 11.8. The molecule has 2 N–H and O–H groups in total. The Balaban J connectivity index is 2.86. The van der Waals surface area contributed by atoms with Crippen molar-refractivity contribution in [3.8, 4) is 5.75 Å². The number of nitrogens with two attached hydrogens (primary N) is 1. The fraction of sp³-hybridized carbons (Fsp3) is 0.538. The Hall–Kier alpha value is -0.540. The van der Waals surface area contributed by atoms with Crippen LogP contribution in [0.15, 0.2) is 22.7 Å². The van der Waals surface area contributed by atoms with Crippen LogP contribution >= 0.6 is 15.9 Å². The number of hydrogen-bond donors (Lipinski definition) is 1. The Morgan fingerprint density at radius 2 is 1.94 bits per heavy atom. The highest BCUT2D eigenvalue weighted by molar-refractivity contribution is 9.10. The second-order valence-electron chi connectivity index (χ2n) is 4.22. The van der Waals surface area contributed by atoms with Gasteiger partial charge in [-0.3, -0.25) is 0 Å². The first-order valence-electron chi connectivity index (χ1n) is 5.66. The Morgan fingerprint density at radius 1 is 1.31 bits per heavy atom. The first-order chi connectivity index (χ1) is 7.54. The molecule has 16 heavy (non-hydrogen) atoms. The van der Waals surface area contributed by atoms with E-state index in [2.05, 4.69) is 41.9 Å². The minimum atomic E-state index is -0.0893. The lowest BCUT2D eigenvalue weighted by Crippen LogP contribution is -2.40. The minimum Gasteiger partial charge on any atom is -0.496 e. The van der Waals surface area contributed by atoms with Crippen molar-refractivity contribution in [2.45, 2.75) is 38.6 Å². The molecule has 90 valence electrons. The lowest BCUT2D eigenvalue weighted by molar-refractivity contribution is 0.391. The summed E-state index contributed by atoms with van der Waals surface area (Å²) in [5, 5.41) is 0. The van der Waals surface area contributed by atoms with Gasteiger partial charge in [-0.15, -0.1) is 0 Å². The summed E-state index contributed by atoms with van der Waals surface area (Å²) in [5.74, 6) is 0.861. The summed E-state index contributed by atoms with van der Waals surface area (Å²) in [6, 6.07) is 6.15. The molecule has 0 aromatic heterocycles. The van der Waals surface area contributed by atoms with E-state index in [0.717, 1.165) is 29.5 Å². The zero-order chi connectivity index (χ0) is 12.2. The van der Waals surface area contributed by atoms with Gasteiger partial charge in [0.15, 0.2) is 0 Å². The van der Waals surface area contributed by atoms with Crippen LogP contribution in [0.3, 0.4) is 0 Å². The predicted molar refractivity (Wildman–Crippen MR) is 71.9 cm³/mol. The fourth-order valence-electron chi connectivity index (χ4n) is 1.73. The van der Waals surface area contributed by atoms with Crippen molar-refractivity contribution in [3.05, 3.63) is 28.2 Å². The summed E-state index contributed by atoms with van der Waals surface area (Å²) in [7, 11) is 1.67. The Kier molecular flexibility index (Phi) is 4.81. The maximum absolute atomic E-state index is 6.30. The maximum atomic E-state index is 6.30. The van der Waals surface area contributed by atoms with Crippen molar-refractivity contribution in [1.29, 1.82) is 0 Å². The molecule has 0 heterocycles. The second-order valence-corrected chi connectivity index (χ2v) is 5.07. The average Bonchev–Trinajstić information content (AvgIpc) is 2.29. The van der Waals surface area contributed by atoms with Gasteiger partial charge in [0.1, 0.15) is 5.75 Å². The van der Waals surface area contributed by atoms with Gasteiger partial charge in [0.2, 0.25) is 0 Å². The molecule has 0 aliphatic rings. The van der Waals surface area contributed by atoms with Crippen LogP contribution in [0.5, 0.6) is 5.75 Å². The lowest BCUT2D eigenvalue weighted by atomic mass is 9.87. The van der Waals surface area contributed by atoms with Crippen LogP contribution in [0.2, 0.25) is 0 Å². The first kappa shape index (κ1) is 13.5. The van der Waals surface area contributed by atoms with Crippen LogP contribution in [-0.2, 0) is 6.42 Å². The number of methoxy groups -OCH3 is 1. The molecule has 0 spiro atoms. The molecule has 1 aromatic rings. The second kappa shape index (κ2) is 5.69. The van der Waals surface area contributed by atoms with E-state index < -0.39 is 0 Å². The minimum absolute atomic E-state index is 0.0893. The van der Waals surface area contributed by atoms with Crippen LogP contribution in [0, 0.1) is 0 Å². The number of ether oxygens (including phenoxy) is 1. The number of hydrogen-bond acceptors (Lipinski definition) is 2. The van der Waals surface area contributed by atoms with E-state index in [1.807, 2.05) is 6.07 Å². The Labute approximate surface area is 106 Å². The van der Waals surface area contributed by atoms with Gasteiger partial charge in [-0.1, -0.05) is 19.9 Å². The quantitative estimate of drug-likeness (QED) is 0.899. The van der Waals surface area contributed by atoms with Crippen molar-refractivity contribution in [2.75, 3.05) is 7.11 Å². The standard InChI is InChI=1S/C13H20BrNO/c1-4-13(15,5-2)9-10-6-7-12(16-3)11(14)8-10/h6-8H,4-5,9,15H2,1-3H3. The summed E-state index contributed by atoms with van der Waals surface area (Å²) in [6.07, 6.45) is 2.89. The zero-order valence-electron chi connectivity index (χ0n) is 10.2. The highest BCUT2D eigenvalue weighted by atomic mass is 79.9. The van der Waals surface area contributed by atoms with Gasteiger partial charge < -0.3 is 10.5 Å². The van der Waals surface area contributed by atoms with Crippen LogP contribution in [0.4, 0.5) is 0 Å². The number of benzene rings is 1. The van der Waals surface area contributed by atoms with Crippen LogP contribution in [0.1, 0.15) is 32.3 Å². The van der Waals surface area contributed by atoms with E-state index in [1.54, 1.807) is 7.11 Å². The molecule has 0 aliphatic carbocycles. The van der Waals surface area contributed by atoms with Crippen molar-refractivity contribution < 1.29 is 4.74 Å². The molecule has 0 radical (unpaired) electrons. The van der Waals surface area contributed by atoms with E-state index in [0.29, 0.717) is 0 Å². The van der Waals surface area contributed by atoms with E-state index in [4.69, 9.17) is 10.5 Å². The van der Waals surface area contributed by atoms with E-state index in [-0.39, 0.29) is 5.54 Å². The van der Waals surface area contributed by atoms with E-state index >= 15 is 0 Å². The molecular formula is C13H20BrNO. The van der Waals surface area contributed by atoms with E-state index in [9.17, 15) is 0 Å². The van der Waals surface area contributed by atoms with Crippen LogP contribution in [0.25, 0.3) is 0 Å². The maximum Gasteiger partial charge on any atom is 0.133 e. The van der Waals surface area contributed by atoms with Crippen LogP contribution in [-0.4, -0.2) is 12.6 Å². The van der Waals surface area contributed by atoms with Gasteiger partial charge >= 0.3 is 0 Å². The third-order valence-electron chi connectivity index (χ3n) is 3.18. The third kappa shape index (κ3) is 3.22. The van der Waals surface area contributed by atoms with Gasteiger partial charge in [-0.05, 0) is 52.9 Å². The van der Waals surface area contributed by atoms with Gasteiger partial charge in [-0.2, -0.15) is 0 Å². The van der Waals surface area contributed by atoms with Gasteiger partial charge in [0.25, 0.3) is 0 Å². The molecular weight excluding hydrogens is 266 g/mol. The summed E-state index contributed by atoms with van der Waals surface area (Å²) >= 11 is 3.49. The number of halogens is 1. The molecule has 3 heteroatoms. The molecule has 1 aromatic carbocycles. The molecule has 1 rings (SSSR count). The summed E-state index contributed by atoms with van der Waals surface area (Å²) in [6.45, 7) is 4.28. The number of rotatable bonds is 5. The molecule has 0 atom stereocenters. The molecule has 0 unspecified atom stereocenters. The molecule has 0 bridgehead atoms. The summed E-state index contributed by atoms with van der Waals surface area (Å²) < 4.78 is 6.19. The van der Waals surface area contributed by atoms with Crippen molar-refractivity contribution in [2.24, 2.45) is 5.73 Å². The first-order valence-corrected chi connectivity index (χ1v) is 6.45. The molecule has 2 nitrogen and oxygen atoms in total. The Morgan fingerprint density at radius 3 is 2.38 bits per heavy atom. The van der Waals surface area contributed by atoms with E-state index in [1.165, 1.54) is 5.56 Å². The topological polar surface area (TPSA) is 35.2 Å². The van der Waals surface area contributed by atoms with Crippen LogP contribution < -0.4 is 10.5 Å². The van der Waals surface area contributed by atoms with Crippen molar-refractivity contribution in [1.82, 2.24) is 0 Å². The largest absolute Gasteiger partial charge is 0.496 e. The molecule has 0 fully saturated rings. The van der Waals surface area contributed by atoms with Gasteiger partial charge in [0.05, 0.1) is 11.6 Å². The van der Waals surface area contributed by atoms with Crippen molar-refractivity contribution in [3.63, 3.8) is 0 Å². The highest BCUT2D eigenvalue weighted by Crippen LogP contribution is 2.27. The predicted octanol–water partition coefficient (Wildman–Crippen LogP) is 3.52. The van der Waals surface area contributed by atoms with Gasteiger partial charge in [0, 0.05) is 5.54 Å². The monoisotopic (exact) mass is 285 g/mol. The Bertz CT molecular complexity index is 348. The fourth-order valence-corrected chi connectivity index (χ4v) is 2.31. The summed E-state index contributed by atoms with van der Waals surface area (Å²) in [4.78, 5) is 0. The third-order valence-corrected chi connectivity index (χ3v) is 3.80. The molecule has 0 saturated carbocycles. The van der Waals surface area contributed by atoms with Gasteiger partial charge in [-0.25, -0.2) is 0 Å². The molecule has 0 amide bonds. The summed E-state index contributed by atoms with van der Waals surface area (Å²) in [5.41, 5.74) is 7.46. The SMILES string of the molecule is CCC(N)(CC)Cc1ccc(OC)c(Br)c1. The molecule has 0 saturated heterocycles. The normalized spacial score (nSPS) is 11.6. The smallest absolute Gasteiger partial charge is 0.133 e. The lowest BCUT2D eigenvalue weighted by Gasteiger charge is -2.26. The molecule has 0 aliphatic heterocycles. The average molecular weight is 286 g/mol.